The summed E-state index contributed by atoms with van der Waals surface area (Å²) in [4.78, 5) is 38.6. The number of carboxylic acids is 2. The Morgan fingerprint density at radius 2 is 1.45 bits per heavy atom. The molecule has 1 atom stereocenters. The Morgan fingerprint density at radius 1 is 0.929 bits per heavy atom. The van der Waals surface area contributed by atoms with E-state index in [1.54, 1.807) is 7.11 Å². The monoisotopic (exact) mass is 621 g/mol. The van der Waals surface area contributed by atoms with Crippen LogP contribution in [-0.4, -0.2) is 134 Å². The van der Waals surface area contributed by atoms with Crippen LogP contribution in [0.4, 0.5) is 26.3 Å². The van der Waals surface area contributed by atoms with Crippen molar-refractivity contribution in [2.24, 2.45) is 16.7 Å². The number of rotatable bonds is 6. The van der Waals surface area contributed by atoms with Gasteiger partial charge in [0.2, 0.25) is 5.91 Å². The van der Waals surface area contributed by atoms with Crippen molar-refractivity contribution in [1.82, 2.24) is 14.7 Å². The van der Waals surface area contributed by atoms with Gasteiger partial charge in [-0.05, 0) is 58.0 Å². The number of piperidine rings is 1. The molecule has 0 aromatic heterocycles. The van der Waals surface area contributed by atoms with E-state index in [9.17, 15) is 31.1 Å². The first-order valence-corrected chi connectivity index (χ1v) is 13.9. The molecule has 0 aromatic carbocycles. The van der Waals surface area contributed by atoms with E-state index in [1.807, 2.05) is 0 Å². The summed E-state index contributed by atoms with van der Waals surface area (Å²) in [6.07, 6.45) is -4.37. The van der Waals surface area contributed by atoms with Crippen LogP contribution in [0.3, 0.4) is 0 Å². The summed E-state index contributed by atoms with van der Waals surface area (Å²) in [5, 5.41) is 14.2. The molecular formula is C26H41F6N3O7. The van der Waals surface area contributed by atoms with Crippen LogP contribution in [0.1, 0.15) is 39.0 Å². The third-order valence-electron chi connectivity index (χ3n) is 8.69. The number of nitrogens with zero attached hydrogens (tertiary/aromatic N) is 3. The van der Waals surface area contributed by atoms with Gasteiger partial charge < -0.3 is 29.5 Å². The highest BCUT2D eigenvalue weighted by atomic mass is 19.4. The molecule has 1 amide bonds. The lowest BCUT2D eigenvalue weighted by Crippen LogP contribution is -2.53. The van der Waals surface area contributed by atoms with Gasteiger partial charge in [-0.1, -0.05) is 0 Å². The maximum atomic E-state index is 13.5. The van der Waals surface area contributed by atoms with Gasteiger partial charge in [0, 0.05) is 65.0 Å². The molecule has 0 bridgehead atoms. The number of halogens is 6. The molecule has 42 heavy (non-hydrogen) atoms. The van der Waals surface area contributed by atoms with Crippen molar-refractivity contribution < 1.29 is 60.4 Å². The number of alkyl halides is 6. The van der Waals surface area contributed by atoms with E-state index in [2.05, 4.69) is 21.6 Å². The Morgan fingerprint density at radius 3 is 1.88 bits per heavy atom. The molecule has 244 valence electrons. The standard InChI is InChI=1S/C22H39N3O3.2C2HF3O2/c1-3-25-11-8-22(20(25)26)18-24(12-15-27-2)17-21(22)6-9-23(10-7-21)16-19-4-13-28-14-5-19;2*3-2(4,5)1(6)7/h19H,3-18H2,1-2H3;2*(H,6,7). The number of hydrogen-bond donors (Lipinski definition) is 2. The van der Waals surface area contributed by atoms with Gasteiger partial charge >= 0.3 is 24.3 Å². The second kappa shape index (κ2) is 15.0. The molecule has 0 radical (unpaired) electrons. The Labute approximate surface area is 240 Å². The van der Waals surface area contributed by atoms with Gasteiger partial charge in [0.05, 0.1) is 12.0 Å². The number of fused-ring (bicyclic) bond motifs is 1. The Balaban J connectivity index is 0.000000367. The lowest BCUT2D eigenvalue weighted by atomic mass is 9.60. The van der Waals surface area contributed by atoms with Crippen LogP contribution in [0.15, 0.2) is 0 Å². The third-order valence-corrected chi connectivity index (χ3v) is 8.69. The highest BCUT2D eigenvalue weighted by Crippen LogP contribution is 2.57. The van der Waals surface area contributed by atoms with E-state index in [0.29, 0.717) is 5.91 Å². The van der Waals surface area contributed by atoms with Gasteiger partial charge in [0.25, 0.3) is 0 Å². The van der Waals surface area contributed by atoms with E-state index in [0.717, 1.165) is 78.0 Å². The van der Waals surface area contributed by atoms with Gasteiger partial charge in [-0.2, -0.15) is 26.3 Å². The summed E-state index contributed by atoms with van der Waals surface area (Å²) in [6.45, 7) is 13.0. The van der Waals surface area contributed by atoms with E-state index >= 15 is 0 Å². The summed E-state index contributed by atoms with van der Waals surface area (Å²) in [7, 11) is 1.77. The largest absolute Gasteiger partial charge is 0.490 e. The molecule has 16 heteroatoms. The summed E-state index contributed by atoms with van der Waals surface area (Å²) < 4.78 is 74.3. The van der Waals surface area contributed by atoms with E-state index in [-0.39, 0.29) is 10.8 Å². The van der Waals surface area contributed by atoms with Crippen LogP contribution >= 0.6 is 0 Å². The maximum absolute atomic E-state index is 13.5. The quantitative estimate of drug-likeness (QED) is 0.432. The molecule has 4 rings (SSSR count). The average molecular weight is 622 g/mol. The minimum atomic E-state index is -5.08. The average Bonchev–Trinajstić information content (AvgIpc) is 3.41. The molecule has 4 saturated heterocycles. The molecule has 2 spiro atoms. The van der Waals surface area contributed by atoms with Crippen molar-refractivity contribution in [3.05, 3.63) is 0 Å². The Bertz CT molecular complexity index is 882. The van der Waals surface area contributed by atoms with Crippen LogP contribution in [0.25, 0.3) is 0 Å². The van der Waals surface area contributed by atoms with Crippen molar-refractivity contribution in [1.29, 1.82) is 0 Å². The summed E-state index contributed by atoms with van der Waals surface area (Å²) in [5.74, 6) is -4.28. The smallest absolute Gasteiger partial charge is 0.475 e. The fraction of sp³-hybridized carbons (Fsp3) is 0.885. The number of methoxy groups -OCH3 is 1. The predicted octanol–water partition coefficient (Wildman–Crippen LogP) is 2.96. The number of carboxylic acid groups (broad SMARTS) is 2. The summed E-state index contributed by atoms with van der Waals surface area (Å²) in [5.41, 5.74) is 0.00937. The number of hydrogen-bond acceptors (Lipinski definition) is 7. The number of amides is 1. The van der Waals surface area contributed by atoms with Gasteiger partial charge in [-0.3, -0.25) is 9.69 Å². The van der Waals surface area contributed by atoms with Gasteiger partial charge in [0.1, 0.15) is 0 Å². The third kappa shape index (κ3) is 9.16. The maximum Gasteiger partial charge on any atom is 0.490 e. The Kier molecular flexibility index (Phi) is 12.9. The van der Waals surface area contributed by atoms with E-state index in [4.69, 9.17) is 29.3 Å². The number of ether oxygens (including phenoxy) is 2. The molecule has 4 aliphatic heterocycles. The van der Waals surface area contributed by atoms with Crippen molar-refractivity contribution in [2.45, 2.75) is 51.4 Å². The second-order valence-corrected chi connectivity index (χ2v) is 11.2. The number of carbonyl (C=O) groups is 3. The summed E-state index contributed by atoms with van der Waals surface area (Å²) >= 11 is 0. The highest BCUT2D eigenvalue weighted by Gasteiger charge is 2.64. The number of aliphatic carboxylic acids is 2. The molecule has 0 saturated carbocycles. The van der Waals surface area contributed by atoms with E-state index < -0.39 is 24.3 Å². The van der Waals surface area contributed by atoms with Crippen LogP contribution in [0.2, 0.25) is 0 Å². The lowest BCUT2D eigenvalue weighted by molar-refractivity contribution is -0.193. The molecule has 4 aliphatic rings. The zero-order valence-electron chi connectivity index (χ0n) is 23.9. The fourth-order valence-corrected chi connectivity index (χ4v) is 6.43. The minimum absolute atomic E-state index is 0.151. The topological polar surface area (TPSA) is 120 Å². The summed E-state index contributed by atoms with van der Waals surface area (Å²) in [6, 6.07) is 0. The lowest BCUT2D eigenvalue weighted by Gasteiger charge is -2.47. The molecule has 10 nitrogen and oxygen atoms in total. The second-order valence-electron chi connectivity index (χ2n) is 11.2. The minimum Gasteiger partial charge on any atom is -0.475 e. The number of carbonyl (C=O) groups excluding carboxylic acids is 1. The Hall–Kier alpha value is -2.17. The zero-order chi connectivity index (χ0) is 31.8. The van der Waals surface area contributed by atoms with Crippen molar-refractivity contribution in [3.8, 4) is 0 Å². The molecule has 4 heterocycles. The first-order chi connectivity index (χ1) is 19.5. The molecule has 2 N–H and O–H groups in total. The fourth-order valence-electron chi connectivity index (χ4n) is 6.43. The number of likely N-dealkylation sites (tertiary alicyclic amines) is 3. The van der Waals surface area contributed by atoms with Crippen LogP contribution in [0, 0.1) is 16.7 Å². The van der Waals surface area contributed by atoms with Gasteiger partial charge in [-0.15, -0.1) is 0 Å². The highest BCUT2D eigenvalue weighted by molar-refractivity contribution is 5.86. The van der Waals surface area contributed by atoms with Gasteiger partial charge in [0.15, 0.2) is 0 Å². The molecule has 4 fully saturated rings. The molecule has 1 unspecified atom stereocenters. The predicted molar refractivity (Wildman–Crippen MR) is 137 cm³/mol. The first kappa shape index (κ1) is 36.0. The van der Waals surface area contributed by atoms with E-state index in [1.165, 1.54) is 32.2 Å². The molecule has 0 aliphatic carbocycles. The molecule has 0 aromatic rings. The van der Waals surface area contributed by atoms with Gasteiger partial charge in [-0.25, -0.2) is 9.59 Å². The van der Waals surface area contributed by atoms with Crippen LogP contribution in [-0.2, 0) is 23.9 Å². The van der Waals surface area contributed by atoms with Crippen molar-refractivity contribution in [2.75, 3.05) is 79.3 Å². The van der Waals surface area contributed by atoms with Crippen molar-refractivity contribution in [3.63, 3.8) is 0 Å². The van der Waals surface area contributed by atoms with Crippen LogP contribution in [0.5, 0.6) is 0 Å². The zero-order valence-corrected chi connectivity index (χ0v) is 23.9. The van der Waals surface area contributed by atoms with Crippen molar-refractivity contribution >= 4 is 17.8 Å². The SMILES string of the molecule is CCN1CCC2(CN(CCOC)CC23CCN(CC2CCOCC2)CC3)C1=O.O=C(O)C(F)(F)F.O=C(O)C(F)(F)F. The molecular weight excluding hydrogens is 580 g/mol. The normalized spacial score (nSPS) is 25.2. The van der Waals surface area contributed by atoms with Crippen LogP contribution < -0.4 is 0 Å². The first-order valence-electron chi connectivity index (χ1n) is 13.9.